The van der Waals surface area contributed by atoms with Crippen LogP contribution in [0.1, 0.15) is 48.0 Å². The number of nitrogens with two attached hydrogens (primary N) is 1. The molecule has 0 saturated carbocycles. The second-order valence-electron chi connectivity index (χ2n) is 8.86. The molecule has 1 fully saturated rings. The van der Waals surface area contributed by atoms with Crippen molar-refractivity contribution in [3.63, 3.8) is 0 Å². The second kappa shape index (κ2) is 11.0. The molecule has 0 unspecified atom stereocenters. The van der Waals surface area contributed by atoms with E-state index in [1.165, 1.54) is 12.4 Å². The predicted octanol–water partition coefficient (Wildman–Crippen LogP) is 4.04. The largest absolute Gasteiger partial charge is 0.384 e. The molecule has 0 bridgehead atoms. The van der Waals surface area contributed by atoms with Gasteiger partial charge in [0.1, 0.15) is 18.0 Å². The van der Waals surface area contributed by atoms with Gasteiger partial charge in [0.05, 0.1) is 27.5 Å². The van der Waals surface area contributed by atoms with Crippen LogP contribution in [0.15, 0.2) is 36.8 Å². The molecule has 186 valence electrons. The Labute approximate surface area is 215 Å². The Bertz CT molecular complexity index is 1300. The molecule has 1 aromatic carbocycles. The van der Waals surface area contributed by atoms with E-state index in [1.54, 1.807) is 29.3 Å². The zero-order valence-corrected chi connectivity index (χ0v) is 21.3. The standard InChI is InChI=1S/C27H28ClFN6O/c1-4-23-20(7-5-18-6-8-24(30)31-15-18)26(33-16-32-23)19-13-21(28)25(22(29)14-19)27(36)35-11-9-34(10-12-35)17(2)3/h6,8,13-17H,4,9-12H2,1-3H3,(H2,30,31). The molecule has 9 heteroatoms. The van der Waals surface area contributed by atoms with Crippen LogP contribution in [-0.4, -0.2) is 62.9 Å². The quantitative estimate of drug-likeness (QED) is 0.537. The van der Waals surface area contributed by atoms with Gasteiger partial charge in [0.2, 0.25) is 0 Å². The second-order valence-corrected chi connectivity index (χ2v) is 9.26. The van der Waals surface area contributed by atoms with Gasteiger partial charge in [0.15, 0.2) is 0 Å². The molecule has 0 spiro atoms. The molecule has 3 heterocycles. The van der Waals surface area contributed by atoms with Crippen molar-refractivity contribution in [3.8, 4) is 23.1 Å². The van der Waals surface area contributed by atoms with Gasteiger partial charge in [-0.15, -0.1) is 0 Å². The van der Waals surface area contributed by atoms with Crippen molar-refractivity contribution in [2.45, 2.75) is 33.2 Å². The molecule has 7 nitrogen and oxygen atoms in total. The van der Waals surface area contributed by atoms with Crippen molar-refractivity contribution in [1.82, 2.24) is 24.8 Å². The monoisotopic (exact) mass is 506 g/mol. The Balaban J connectivity index is 1.67. The summed E-state index contributed by atoms with van der Waals surface area (Å²) in [6, 6.07) is 6.70. The summed E-state index contributed by atoms with van der Waals surface area (Å²) in [5.74, 6) is 5.47. The van der Waals surface area contributed by atoms with Crippen LogP contribution in [0.3, 0.4) is 0 Å². The van der Waals surface area contributed by atoms with E-state index >= 15 is 4.39 Å². The van der Waals surface area contributed by atoms with Gasteiger partial charge in [0, 0.05) is 49.5 Å². The van der Waals surface area contributed by atoms with Crippen LogP contribution >= 0.6 is 11.6 Å². The maximum Gasteiger partial charge on any atom is 0.258 e. The number of carbonyl (C=O) groups is 1. The lowest BCUT2D eigenvalue weighted by atomic mass is 10.0. The van der Waals surface area contributed by atoms with Gasteiger partial charge in [0.25, 0.3) is 5.91 Å². The van der Waals surface area contributed by atoms with E-state index in [0.717, 1.165) is 18.8 Å². The Kier molecular flexibility index (Phi) is 7.82. The van der Waals surface area contributed by atoms with Crippen LogP contribution in [0.2, 0.25) is 5.02 Å². The summed E-state index contributed by atoms with van der Waals surface area (Å²) in [6.07, 6.45) is 3.60. The summed E-state index contributed by atoms with van der Waals surface area (Å²) >= 11 is 6.49. The fourth-order valence-electron chi connectivity index (χ4n) is 4.17. The van der Waals surface area contributed by atoms with E-state index in [4.69, 9.17) is 17.3 Å². The summed E-state index contributed by atoms with van der Waals surface area (Å²) in [5, 5.41) is 0.0413. The lowest BCUT2D eigenvalue weighted by Crippen LogP contribution is -2.50. The first-order valence-corrected chi connectivity index (χ1v) is 12.3. The molecular weight excluding hydrogens is 479 g/mol. The highest BCUT2D eigenvalue weighted by Crippen LogP contribution is 2.31. The number of rotatable bonds is 4. The molecule has 0 aliphatic carbocycles. The highest BCUT2D eigenvalue weighted by atomic mass is 35.5. The molecule has 0 atom stereocenters. The zero-order chi connectivity index (χ0) is 25.8. The van der Waals surface area contributed by atoms with Crippen LogP contribution in [0.4, 0.5) is 10.2 Å². The molecule has 1 amide bonds. The van der Waals surface area contributed by atoms with Crippen LogP contribution in [0.5, 0.6) is 0 Å². The molecule has 2 N–H and O–H groups in total. The highest BCUT2D eigenvalue weighted by molar-refractivity contribution is 6.34. The smallest absolute Gasteiger partial charge is 0.258 e. The van der Waals surface area contributed by atoms with Crippen molar-refractivity contribution >= 4 is 23.3 Å². The third kappa shape index (κ3) is 5.48. The number of hydrogen-bond donors (Lipinski definition) is 1. The van der Waals surface area contributed by atoms with E-state index in [1.807, 2.05) is 6.92 Å². The van der Waals surface area contributed by atoms with Crippen LogP contribution < -0.4 is 5.73 Å². The van der Waals surface area contributed by atoms with E-state index in [2.05, 4.69) is 45.5 Å². The number of benzene rings is 1. The molecular formula is C27H28ClFN6O. The Morgan fingerprint density at radius 1 is 1.14 bits per heavy atom. The molecule has 4 rings (SSSR count). The van der Waals surface area contributed by atoms with Gasteiger partial charge >= 0.3 is 0 Å². The van der Waals surface area contributed by atoms with Gasteiger partial charge in [-0.25, -0.2) is 19.3 Å². The normalized spacial score (nSPS) is 14.0. The SMILES string of the molecule is CCc1ncnc(-c2cc(F)c(C(=O)N3CCN(C(C)C)CC3)c(Cl)c2)c1C#Cc1ccc(N)nc1. The van der Waals surface area contributed by atoms with Gasteiger partial charge in [-0.2, -0.15) is 0 Å². The van der Waals surface area contributed by atoms with Crippen LogP contribution in [-0.2, 0) is 6.42 Å². The number of aryl methyl sites for hydroxylation is 1. The molecule has 1 aliphatic rings. The summed E-state index contributed by atoms with van der Waals surface area (Å²) in [7, 11) is 0. The van der Waals surface area contributed by atoms with E-state index < -0.39 is 11.7 Å². The fraction of sp³-hybridized carbons (Fsp3) is 0.333. The fourth-order valence-corrected chi connectivity index (χ4v) is 4.46. The molecule has 0 radical (unpaired) electrons. The van der Waals surface area contributed by atoms with Gasteiger partial charge in [-0.1, -0.05) is 30.4 Å². The van der Waals surface area contributed by atoms with Gasteiger partial charge in [-0.3, -0.25) is 9.69 Å². The first-order valence-electron chi connectivity index (χ1n) is 11.9. The first-order chi connectivity index (χ1) is 17.3. The summed E-state index contributed by atoms with van der Waals surface area (Å²) < 4.78 is 15.4. The number of hydrogen-bond acceptors (Lipinski definition) is 6. The van der Waals surface area contributed by atoms with Crippen molar-refractivity contribution in [2.75, 3.05) is 31.9 Å². The average molecular weight is 507 g/mol. The van der Waals surface area contributed by atoms with Crippen molar-refractivity contribution in [3.05, 3.63) is 70.0 Å². The predicted molar refractivity (Wildman–Crippen MR) is 139 cm³/mol. The average Bonchev–Trinajstić information content (AvgIpc) is 2.87. The Morgan fingerprint density at radius 2 is 1.89 bits per heavy atom. The number of anilines is 1. The highest BCUT2D eigenvalue weighted by Gasteiger charge is 2.27. The summed E-state index contributed by atoms with van der Waals surface area (Å²) in [5.41, 5.74) is 8.36. The topological polar surface area (TPSA) is 88.2 Å². The van der Waals surface area contributed by atoms with Crippen LogP contribution in [0.25, 0.3) is 11.3 Å². The minimum absolute atomic E-state index is 0.0413. The van der Waals surface area contributed by atoms with E-state index in [0.29, 0.717) is 53.8 Å². The van der Waals surface area contributed by atoms with Crippen LogP contribution in [0, 0.1) is 17.7 Å². The third-order valence-corrected chi connectivity index (χ3v) is 6.54. The van der Waals surface area contributed by atoms with Crippen molar-refractivity contribution < 1.29 is 9.18 Å². The molecule has 36 heavy (non-hydrogen) atoms. The molecule has 1 aliphatic heterocycles. The molecule has 1 saturated heterocycles. The first kappa shape index (κ1) is 25.5. The van der Waals surface area contributed by atoms with E-state index in [9.17, 15) is 4.79 Å². The lowest BCUT2D eigenvalue weighted by Gasteiger charge is -2.37. The minimum atomic E-state index is -0.688. The Morgan fingerprint density at radius 3 is 2.50 bits per heavy atom. The molecule has 2 aromatic heterocycles. The maximum atomic E-state index is 15.4. The van der Waals surface area contributed by atoms with Gasteiger partial charge in [-0.05, 0) is 44.5 Å². The maximum absolute atomic E-state index is 15.4. The summed E-state index contributed by atoms with van der Waals surface area (Å²) in [6.45, 7) is 8.74. The number of carbonyl (C=O) groups excluding carboxylic acids is 1. The number of nitrogen functional groups attached to an aromatic ring is 1. The van der Waals surface area contributed by atoms with Crippen molar-refractivity contribution in [1.29, 1.82) is 0 Å². The lowest BCUT2D eigenvalue weighted by molar-refractivity contribution is 0.0591. The zero-order valence-electron chi connectivity index (χ0n) is 20.6. The number of halogens is 2. The third-order valence-electron chi connectivity index (χ3n) is 6.24. The van der Waals surface area contributed by atoms with Gasteiger partial charge < -0.3 is 10.6 Å². The number of pyridine rings is 1. The number of amides is 1. The summed E-state index contributed by atoms with van der Waals surface area (Å²) in [4.78, 5) is 29.8. The number of nitrogens with zero attached hydrogens (tertiary/aromatic N) is 5. The molecule has 3 aromatic rings. The Hall–Kier alpha value is -3.54. The van der Waals surface area contributed by atoms with Crippen molar-refractivity contribution in [2.24, 2.45) is 0 Å². The van der Waals surface area contributed by atoms with E-state index in [-0.39, 0.29) is 10.6 Å². The minimum Gasteiger partial charge on any atom is -0.384 e. The number of piperazine rings is 1. The number of aromatic nitrogens is 3.